The molecule has 1 aliphatic heterocycles. The molecule has 0 bridgehead atoms. The molecule has 0 amide bonds. The molecule has 0 aromatic heterocycles. The molecule has 0 spiro atoms. The lowest BCUT2D eigenvalue weighted by Gasteiger charge is -2.12. The Morgan fingerprint density at radius 2 is 2.10 bits per heavy atom. The molecule has 4 heteroatoms. The zero-order valence-corrected chi connectivity index (χ0v) is 7.20. The molecule has 0 fully saturated rings. The van der Waals surface area contributed by atoms with E-state index in [9.17, 15) is 0 Å². The lowest BCUT2D eigenvalue weighted by molar-refractivity contribution is 0.169. The Labute approximate surface area is 65.0 Å². The summed E-state index contributed by atoms with van der Waals surface area (Å²) in [6.45, 7) is 0. The smallest absolute Gasteiger partial charge is 0.240 e. The van der Waals surface area contributed by atoms with Gasteiger partial charge >= 0.3 is 0 Å². The van der Waals surface area contributed by atoms with Crippen molar-refractivity contribution in [3.05, 3.63) is 11.0 Å². The second-order valence-corrected chi connectivity index (χ2v) is 2.89. The average Bonchev–Trinajstić information content (AvgIpc) is 2.30. The van der Waals surface area contributed by atoms with Crippen molar-refractivity contribution in [3.63, 3.8) is 0 Å². The second kappa shape index (κ2) is 3.05. The van der Waals surface area contributed by atoms with E-state index in [1.165, 1.54) is 0 Å². The van der Waals surface area contributed by atoms with Crippen LogP contribution < -0.4 is 0 Å². The predicted octanol–water partition coefficient (Wildman–Crippen LogP) is 1.04. The number of nitrogens with zero attached hydrogens (tertiary/aromatic N) is 1. The fourth-order valence-electron chi connectivity index (χ4n) is 0.817. The molecule has 10 heavy (non-hydrogen) atoms. The van der Waals surface area contributed by atoms with Crippen LogP contribution in [0.1, 0.15) is 0 Å². The standard InChI is InChI=1S/C6H11NO2S/c1-7-4-10-6(9-3)5(7)8-2/h4H2,1-3H3. The van der Waals surface area contributed by atoms with Crippen LogP contribution in [0.15, 0.2) is 11.0 Å². The molecule has 0 radical (unpaired) electrons. The van der Waals surface area contributed by atoms with Crippen molar-refractivity contribution in [1.82, 2.24) is 4.90 Å². The highest BCUT2D eigenvalue weighted by Crippen LogP contribution is 2.30. The van der Waals surface area contributed by atoms with E-state index in [1.807, 2.05) is 11.9 Å². The van der Waals surface area contributed by atoms with Crippen molar-refractivity contribution in [2.24, 2.45) is 0 Å². The Bertz CT molecular complexity index is 158. The highest BCUT2D eigenvalue weighted by atomic mass is 32.2. The van der Waals surface area contributed by atoms with Crippen LogP contribution in [0, 0.1) is 0 Å². The van der Waals surface area contributed by atoms with E-state index in [4.69, 9.17) is 9.47 Å². The van der Waals surface area contributed by atoms with Gasteiger partial charge < -0.3 is 14.4 Å². The summed E-state index contributed by atoms with van der Waals surface area (Å²) >= 11 is 1.64. The Morgan fingerprint density at radius 3 is 2.50 bits per heavy atom. The Morgan fingerprint density at radius 1 is 1.40 bits per heavy atom. The van der Waals surface area contributed by atoms with Gasteiger partial charge in [0.1, 0.15) is 0 Å². The van der Waals surface area contributed by atoms with E-state index in [2.05, 4.69) is 0 Å². The van der Waals surface area contributed by atoms with Gasteiger partial charge in [0.15, 0.2) is 0 Å². The van der Waals surface area contributed by atoms with Crippen molar-refractivity contribution in [3.8, 4) is 0 Å². The molecule has 0 aromatic carbocycles. The Hall–Kier alpha value is -0.510. The SMILES string of the molecule is COC1=C(OC)N(C)CS1. The summed E-state index contributed by atoms with van der Waals surface area (Å²) in [6, 6.07) is 0. The van der Waals surface area contributed by atoms with Crippen LogP contribution in [0.5, 0.6) is 0 Å². The minimum atomic E-state index is 0.826. The molecule has 0 aromatic rings. The normalized spacial score (nSPS) is 18.1. The highest BCUT2D eigenvalue weighted by Gasteiger charge is 2.21. The van der Waals surface area contributed by atoms with E-state index < -0.39 is 0 Å². The maximum Gasteiger partial charge on any atom is 0.240 e. The van der Waals surface area contributed by atoms with Crippen LogP contribution >= 0.6 is 11.8 Å². The van der Waals surface area contributed by atoms with E-state index in [-0.39, 0.29) is 0 Å². The molecular formula is C6H11NO2S. The molecule has 0 aliphatic carbocycles. The van der Waals surface area contributed by atoms with Crippen LogP contribution in [0.3, 0.4) is 0 Å². The summed E-state index contributed by atoms with van der Waals surface area (Å²) in [7, 11) is 5.27. The van der Waals surface area contributed by atoms with Gasteiger partial charge in [0.25, 0.3) is 0 Å². The van der Waals surface area contributed by atoms with Gasteiger partial charge in [-0.25, -0.2) is 0 Å². The minimum absolute atomic E-state index is 0.826. The number of hydrogen-bond donors (Lipinski definition) is 0. The zero-order valence-electron chi connectivity index (χ0n) is 6.38. The topological polar surface area (TPSA) is 21.7 Å². The fraction of sp³-hybridized carbons (Fsp3) is 0.667. The lowest BCUT2D eigenvalue weighted by Crippen LogP contribution is -2.13. The van der Waals surface area contributed by atoms with E-state index in [0.29, 0.717) is 0 Å². The van der Waals surface area contributed by atoms with Gasteiger partial charge in [-0.3, -0.25) is 0 Å². The molecule has 1 heterocycles. The van der Waals surface area contributed by atoms with Crippen molar-refractivity contribution in [2.75, 3.05) is 27.1 Å². The van der Waals surface area contributed by atoms with Crippen molar-refractivity contribution >= 4 is 11.8 Å². The van der Waals surface area contributed by atoms with E-state index in [1.54, 1.807) is 26.0 Å². The molecular weight excluding hydrogens is 150 g/mol. The minimum Gasteiger partial charge on any atom is -0.486 e. The third-order valence-electron chi connectivity index (χ3n) is 1.29. The first-order chi connectivity index (χ1) is 4.79. The van der Waals surface area contributed by atoms with Gasteiger partial charge in [0, 0.05) is 7.05 Å². The molecule has 0 N–H and O–H groups in total. The largest absolute Gasteiger partial charge is 0.486 e. The van der Waals surface area contributed by atoms with Gasteiger partial charge in [-0.15, -0.1) is 0 Å². The fourth-order valence-corrected chi connectivity index (χ4v) is 1.73. The van der Waals surface area contributed by atoms with Crippen molar-refractivity contribution in [2.45, 2.75) is 0 Å². The van der Waals surface area contributed by atoms with Crippen molar-refractivity contribution < 1.29 is 9.47 Å². The van der Waals surface area contributed by atoms with E-state index >= 15 is 0 Å². The molecule has 1 aliphatic rings. The Balaban J connectivity index is 2.71. The quantitative estimate of drug-likeness (QED) is 0.603. The first-order valence-corrected chi connectivity index (χ1v) is 3.94. The van der Waals surface area contributed by atoms with E-state index in [0.717, 1.165) is 16.9 Å². The molecule has 1 rings (SSSR count). The third kappa shape index (κ3) is 1.16. The van der Waals surface area contributed by atoms with Gasteiger partial charge in [-0.1, -0.05) is 11.8 Å². The summed E-state index contributed by atoms with van der Waals surface area (Å²) in [5, 5.41) is 0.866. The summed E-state index contributed by atoms with van der Waals surface area (Å²) in [5.41, 5.74) is 0. The zero-order chi connectivity index (χ0) is 7.56. The number of ether oxygens (including phenoxy) is 2. The molecule has 0 saturated heterocycles. The molecule has 3 nitrogen and oxygen atoms in total. The van der Waals surface area contributed by atoms with Crippen LogP contribution in [0.2, 0.25) is 0 Å². The first-order valence-electron chi connectivity index (χ1n) is 2.95. The second-order valence-electron chi connectivity index (χ2n) is 1.97. The molecule has 0 atom stereocenters. The van der Waals surface area contributed by atoms with Crippen LogP contribution in [0.25, 0.3) is 0 Å². The monoisotopic (exact) mass is 161 g/mol. The third-order valence-corrected chi connectivity index (χ3v) is 2.41. The number of hydrogen-bond acceptors (Lipinski definition) is 4. The maximum atomic E-state index is 5.09. The Kier molecular flexibility index (Phi) is 2.32. The van der Waals surface area contributed by atoms with Crippen LogP contribution in [0.4, 0.5) is 0 Å². The summed E-state index contributed by atoms with van der Waals surface area (Å²) < 4.78 is 10.1. The maximum absolute atomic E-state index is 5.09. The number of methoxy groups -OCH3 is 2. The molecule has 58 valence electrons. The summed E-state index contributed by atoms with van der Waals surface area (Å²) in [4.78, 5) is 2.00. The predicted molar refractivity (Wildman–Crippen MR) is 41.3 cm³/mol. The van der Waals surface area contributed by atoms with Crippen LogP contribution in [-0.2, 0) is 9.47 Å². The average molecular weight is 161 g/mol. The number of rotatable bonds is 2. The van der Waals surface area contributed by atoms with Crippen LogP contribution in [-0.4, -0.2) is 32.0 Å². The van der Waals surface area contributed by atoms with Crippen molar-refractivity contribution in [1.29, 1.82) is 0 Å². The highest BCUT2D eigenvalue weighted by molar-refractivity contribution is 8.03. The number of thioether (sulfide) groups is 1. The van der Waals surface area contributed by atoms with Gasteiger partial charge in [0.05, 0.1) is 20.1 Å². The van der Waals surface area contributed by atoms with Gasteiger partial charge in [0.2, 0.25) is 11.0 Å². The van der Waals surface area contributed by atoms with Gasteiger partial charge in [-0.05, 0) is 0 Å². The molecule has 0 saturated carbocycles. The first kappa shape index (κ1) is 7.60. The lowest BCUT2D eigenvalue weighted by atomic mass is 10.7. The summed E-state index contributed by atoms with van der Waals surface area (Å²) in [6.07, 6.45) is 0. The molecule has 0 unspecified atom stereocenters. The van der Waals surface area contributed by atoms with Gasteiger partial charge in [-0.2, -0.15) is 0 Å². The summed E-state index contributed by atoms with van der Waals surface area (Å²) in [5.74, 6) is 1.74.